The summed E-state index contributed by atoms with van der Waals surface area (Å²) in [7, 11) is -3.41. The second kappa shape index (κ2) is 25.1. The highest BCUT2D eigenvalue weighted by atomic mass is 28.3. The van der Waals surface area contributed by atoms with Crippen molar-refractivity contribution in [1.82, 2.24) is 19.9 Å². The van der Waals surface area contributed by atoms with E-state index in [2.05, 4.69) is 317 Å². The Morgan fingerprint density at radius 2 is 0.469 bits per heavy atom. The summed E-state index contributed by atoms with van der Waals surface area (Å²) in [5.41, 5.74) is 27.7. The molecule has 0 spiro atoms. The number of nitrogens with zero attached hydrogens (tertiary/aromatic N) is 4. The van der Waals surface area contributed by atoms with E-state index < -0.39 is 16.1 Å². The molecule has 0 fully saturated rings. The molecule has 0 saturated heterocycles. The van der Waals surface area contributed by atoms with Gasteiger partial charge in [-0.15, -0.1) is 0 Å². The van der Waals surface area contributed by atoms with Crippen molar-refractivity contribution in [2.45, 2.75) is 26.2 Å². The van der Waals surface area contributed by atoms with Crippen LogP contribution in [0.15, 0.2) is 340 Å². The fourth-order valence-electron chi connectivity index (χ4n) is 14.3. The largest absolute Gasteiger partial charge is 0.228 e. The first kappa shape index (κ1) is 59.5. The van der Waals surface area contributed by atoms with Gasteiger partial charge in [-0.05, 0) is 141 Å². The van der Waals surface area contributed by atoms with Crippen molar-refractivity contribution in [3.63, 3.8) is 0 Å². The standard InChI is InChI=1S/C48H36N2Si.C42H32N2Si/c1-51(2)45-24-10-9-22-42(45)47-41(23-13-25-46(47)51)40-21-12-20-39(31-40)38-19-11-18-37(30-38)33-26-28-36(29-27-33)48-49-43(34-14-5-3-6-15-34)32-44(50-48)35-16-7-4-8-17-35;1-45(2)40-22-10-9-21-36(40)37-27-34(23-24-41(37)45)32-18-11-17-31(25-32)33-19-12-20-35(26-33)42-43-38(29-13-5-3-6-14-29)28-39(44-42)30-15-7-4-8-16-30/h3-32H,1-2H3;3-28H,1-2H3. The Bertz CT molecular complexity index is 5280. The lowest BCUT2D eigenvalue weighted by atomic mass is 9.92. The van der Waals surface area contributed by atoms with E-state index in [1.165, 1.54) is 87.5 Å². The highest BCUT2D eigenvalue weighted by Gasteiger charge is 2.39. The zero-order valence-corrected chi connectivity index (χ0v) is 56.1. The molecule has 0 amide bonds. The third-order valence-corrected chi connectivity index (χ3v) is 26.5. The molecule has 96 heavy (non-hydrogen) atoms. The first-order valence-electron chi connectivity index (χ1n) is 33.1. The van der Waals surface area contributed by atoms with Gasteiger partial charge in [0.15, 0.2) is 11.6 Å². The molecule has 0 saturated carbocycles. The third-order valence-electron chi connectivity index (χ3n) is 19.4. The van der Waals surface area contributed by atoms with Crippen molar-refractivity contribution < 1.29 is 0 Å². The van der Waals surface area contributed by atoms with E-state index in [1.807, 2.05) is 48.5 Å². The van der Waals surface area contributed by atoms with Crippen LogP contribution < -0.4 is 20.7 Å². The zero-order valence-electron chi connectivity index (χ0n) is 54.1. The first-order valence-corrected chi connectivity index (χ1v) is 39.1. The second-order valence-electron chi connectivity index (χ2n) is 26.1. The summed E-state index contributed by atoms with van der Waals surface area (Å²) in [6, 6.07) is 122. The molecule has 2 aliphatic rings. The van der Waals surface area contributed by atoms with Crippen LogP contribution >= 0.6 is 0 Å². The first-order chi connectivity index (χ1) is 47.1. The van der Waals surface area contributed by atoms with Gasteiger partial charge in [-0.3, -0.25) is 0 Å². The molecule has 2 aromatic heterocycles. The Morgan fingerprint density at radius 1 is 0.177 bits per heavy atom. The monoisotopic (exact) mass is 1260 g/mol. The van der Waals surface area contributed by atoms with Crippen molar-refractivity contribution in [2.24, 2.45) is 0 Å². The Labute approximate surface area is 564 Å². The molecule has 15 aromatic rings. The summed E-state index contributed by atoms with van der Waals surface area (Å²) in [5.74, 6) is 1.44. The van der Waals surface area contributed by atoms with Gasteiger partial charge in [-0.1, -0.05) is 323 Å². The van der Waals surface area contributed by atoms with Crippen molar-refractivity contribution in [1.29, 1.82) is 0 Å². The van der Waals surface area contributed by atoms with Gasteiger partial charge in [0, 0.05) is 33.4 Å². The summed E-state index contributed by atoms with van der Waals surface area (Å²) in [6.07, 6.45) is 0. The summed E-state index contributed by atoms with van der Waals surface area (Å²) in [4.78, 5) is 20.2. The number of hydrogen-bond donors (Lipinski definition) is 0. The SMILES string of the molecule is C[Si]1(C)c2ccccc2-c2c(-c3cccc(-c4cccc(-c5ccc(-c6nc(-c7ccccc7)cc(-c7ccccc7)n6)cc5)c4)c3)cccc21.C[Si]1(C)c2ccccc2-c2cc(-c3cccc(-c4cccc(-c5nc(-c6ccccc6)cc(-c6ccccc6)n5)c4)c3)ccc21. The lowest BCUT2D eigenvalue weighted by molar-refractivity contribution is 1.18. The Kier molecular flexibility index (Phi) is 15.5. The maximum absolute atomic E-state index is 5.05. The van der Waals surface area contributed by atoms with Crippen molar-refractivity contribution in [2.75, 3.05) is 0 Å². The van der Waals surface area contributed by atoms with Gasteiger partial charge in [0.05, 0.1) is 22.8 Å². The van der Waals surface area contributed by atoms with Gasteiger partial charge in [0.1, 0.15) is 16.1 Å². The Hall–Kier alpha value is -11.5. The maximum atomic E-state index is 5.05. The minimum Gasteiger partial charge on any atom is -0.228 e. The van der Waals surface area contributed by atoms with Crippen LogP contribution in [0.5, 0.6) is 0 Å². The highest BCUT2D eigenvalue weighted by molar-refractivity contribution is 7.04. The van der Waals surface area contributed by atoms with E-state index in [9.17, 15) is 0 Å². The quantitative estimate of drug-likeness (QED) is 0.121. The van der Waals surface area contributed by atoms with Gasteiger partial charge in [0.25, 0.3) is 0 Å². The smallest absolute Gasteiger partial charge is 0.160 e. The van der Waals surface area contributed by atoms with E-state index in [0.29, 0.717) is 5.82 Å². The van der Waals surface area contributed by atoms with Crippen molar-refractivity contribution >= 4 is 36.9 Å². The molecule has 13 aromatic carbocycles. The number of hydrogen-bond acceptors (Lipinski definition) is 4. The van der Waals surface area contributed by atoms with Crippen LogP contribution in [-0.4, -0.2) is 36.1 Å². The molecule has 0 unspecified atom stereocenters. The number of benzene rings is 13. The van der Waals surface area contributed by atoms with Crippen LogP contribution in [0, 0.1) is 0 Å². The van der Waals surface area contributed by atoms with E-state index in [0.717, 1.165) is 73.1 Å². The molecule has 0 atom stereocenters. The Balaban J connectivity index is 0.000000152. The number of rotatable bonds is 11. The minimum atomic E-state index is -1.74. The molecule has 4 heterocycles. The second-order valence-corrected chi connectivity index (χ2v) is 34.8. The molecule has 456 valence electrons. The molecular formula is C90H68N4Si2. The highest BCUT2D eigenvalue weighted by Crippen LogP contribution is 2.40. The molecule has 17 rings (SSSR count). The van der Waals surface area contributed by atoms with Crippen LogP contribution in [0.2, 0.25) is 26.2 Å². The Morgan fingerprint density at radius 3 is 0.958 bits per heavy atom. The molecule has 0 bridgehead atoms. The fourth-order valence-corrected chi connectivity index (χ4v) is 20.5. The predicted octanol–water partition coefficient (Wildman–Crippen LogP) is 20.9. The molecule has 4 nitrogen and oxygen atoms in total. The molecule has 2 aliphatic heterocycles. The van der Waals surface area contributed by atoms with Crippen molar-refractivity contribution in [3.8, 4) is 146 Å². The minimum absolute atomic E-state index is 0.716. The molecule has 0 radical (unpaired) electrons. The maximum Gasteiger partial charge on any atom is 0.160 e. The normalized spacial score (nSPS) is 12.8. The van der Waals surface area contributed by atoms with E-state index in [1.54, 1.807) is 0 Å². The summed E-state index contributed by atoms with van der Waals surface area (Å²) in [6.45, 7) is 9.89. The van der Waals surface area contributed by atoms with Crippen LogP contribution in [0.1, 0.15) is 0 Å². The van der Waals surface area contributed by atoms with E-state index >= 15 is 0 Å². The summed E-state index contributed by atoms with van der Waals surface area (Å²) in [5, 5.41) is 6.14. The lowest BCUT2D eigenvalue weighted by Crippen LogP contribution is -2.49. The summed E-state index contributed by atoms with van der Waals surface area (Å²) < 4.78 is 0. The zero-order chi connectivity index (χ0) is 64.7. The topological polar surface area (TPSA) is 51.6 Å². The molecular weight excluding hydrogens is 1190 g/mol. The van der Waals surface area contributed by atoms with Gasteiger partial charge in [0.2, 0.25) is 0 Å². The van der Waals surface area contributed by atoms with E-state index in [-0.39, 0.29) is 0 Å². The average Bonchev–Trinajstić information content (AvgIpc) is 1.57. The number of aromatic nitrogens is 4. The van der Waals surface area contributed by atoms with Gasteiger partial charge in [-0.2, -0.15) is 0 Å². The van der Waals surface area contributed by atoms with E-state index in [4.69, 9.17) is 19.9 Å². The average molecular weight is 1260 g/mol. The summed E-state index contributed by atoms with van der Waals surface area (Å²) >= 11 is 0. The van der Waals surface area contributed by atoms with Crippen LogP contribution in [-0.2, 0) is 0 Å². The molecule has 0 aliphatic carbocycles. The number of fused-ring (bicyclic) bond motifs is 6. The van der Waals surface area contributed by atoms with Crippen LogP contribution in [0.3, 0.4) is 0 Å². The molecule has 6 heteroatoms. The molecule has 0 N–H and O–H groups in total. The van der Waals surface area contributed by atoms with Gasteiger partial charge < -0.3 is 0 Å². The van der Waals surface area contributed by atoms with Crippen molar-refractivity contribution in [3.05, 3.63) is 340 Å². The van der Waals surface area contributed by atoms with Gasteiger partial charge in [-0.25, -0.2) is 19.9 Å². The predicted molar refractivity (Wildman–Crippen MR) is 408 cm³/mol. The van der Waals surface area contributed by atoms with Gasteiger partial charge >= 0.3 is 0 Å². The lowest BCUT2D eigenvalue weighted by Gasteiger charge is -2.19. The third kappa shape index (κ3) is 11.4. The fraction of sp³-hybridized carbons (Fsp3) is 0.0444. The van der Waals surface area contributed by atoms with Crippen LogP contribution in [0.4, 0.5) is 0 Å². The van der Waals surface area contributed by atoms with Crippen LogP contribution in [0.25, 0.3) is 146 Å².